The Labute approximate surface area is 142 Å². The van der Waals surface area contributed by atoms with Crippen LogP contribution in [0.4, 0.5) is 5.69 Å². The number of hydrogen-bond acceptors (Lipinski definition) is 4. The first-order chi connectivity index (χ1) is 11.6. The lowest BCUT2D eigenvalue weighted by atomic mass is 10.1. The minimum absolute atomic E-state index is 0.177. The summed E-state index contributed by atoms with van der Waals surface area (Å²) in [6.45, 7) is 1.96. The van der Waals surface area contributed by atoms with Gasteiger partial charge >= 0.3 is 0 Å². The Morgan fingerprint density at radius 3 is 2.58 bits per heavy atom. The van der Waals surface area contributed by atoms with Crippen molar-refractivity contribution in [2.75, 3.05) is 19.0 Å². The molecular weight excluding hydrogens is 304 g/mol. The summed E-state index contributed by atoms with van der Waals surface area (Å²) in [6, 6.07) is 16.3. The number of methoxy groups -OCH3 is 1. The van der Waals surface area contributed by atoms with E-state index in [-0.39, 0.29) is 6.61 Å². The molecule has 5 heteroatoms. The average molecular weight is 328 g/mol. The van der Waals surface area contributed by atoms with Crippen molar-refractivity contribution in [2.45, 2.75) is 25.8 Å². The minimum Gasteiger partial charge on any atom is -0.493 e. The van der Waals surface area contributed by atoms with Gasteiger partial charge in [0.05, 0.1) is 7.11 Å². The summed E-state index contributed by atoms with van der Waals surface area (Å²) in [7, 11) is 1.56. The molecule has 2 aromatic carbocycles. The van der Waals surface area contributed by atoms with Crippen LogP contribution in [0.3, 0.4) is 0 Å². The lowest BCUT2D eigenvalue weighted by Crippen LogP contribution is -2.20. The molecule has 1 amide bonds. The molecule has 24 heavy (non-hydrogen) atoms. The number of anilines is 1. The van der Waals surface area contributed by atoms with Crippen molar-refractivity contribution in [3.05, 3.63) is 54.1 Å². The monoisotopic (exact) mass is 328 g/mol. The number of rotatable bonds is 9. The molecule has 0 saturated carbocycles. The first-order valence-corrected chi connectivity index (χ1v) is 7.98. The molecule has 2 rings (SSSR count). The smallest absolute Gasteiger partial charge is 0.255 e. The number of hydrogen-bond donors (Lipinski definition) is 2. The number of ether oxygens (including phenoxy) is 2. The number of aryl methyl sites for hydroxylation is 1. The molecule has 0 radical (unpaired) electrons. The topological polar surface area (TPSA) is 73.6 Å². The molecule has 0 aromatic heterocycles. The zero-order valence-electron chi connectivity index (χ0n) is 14.1. The molecule has 0 aliphatic rings. The van der Waals surface area contributed by atoms with Gasteiger partial charge in [0, 0.05) is 17.8 Å². The van der Waals surface area contributed by atoms with Crippen LogP contribution in [0.1, 0.15) is 18.9 Å². The van der Waals surface area contributed by atoms with Crippen LogP contribution in [0.5, 0.6) is 11.5 Å². The number of carbonyl (C=O) groups excluding carboxylic acids is 1. The number of nitrogens with one attached hydrogen (secondary N) is 1. The van der Waals surface area contributed by atoms with E-state index in [1.54, 1.807) is 7.11 Å². The Kier molecular flexibility index (Phi) is 6.49. The second kappa shape index (κ2) is 8.82. The van der Waals surface area contributed by atoms with Crippen LogP contribution in [0.15, 0.2) is 48.5 Å². The van der Waals surface area contributed by atoms with Crippen LogP contribution >= 0.6 is 0 Å². The predicted molar refractivity (Wildman–Crippen MR) is 95.5 cm³/mol. The van der Waals surface area contributed by atoms with E-state index in [0.29, 0.717) is 17.5 Å². The van der Waals surface area contributed by atoms with Gasteiger partial charge < -0.3 is 20.5 Å². The van der Waals surface area contributed by atoms with Crippen molar-refractivity contribution in [2.24, 2.45) is 5.73 Å². The molecule has 0 saturated heterocycles. The van der Waals surface area contributed by atoms with Crippen molar-refractivity contribution in [3.63, 3.8) is 0 Å². The Balaban J connectivity index is 1.95. The Morgan fingerprint density at radius 1 is 1.17 bits per heavy atom. The van der Waals surface area contributed by atoms with Crippen molar-refractivity contribution in [1.82, 2.24) is 0 Å². The molecule has 0 aliphatic carbocycles. The van der Waals surface area contributed by atoms with Crippen LogP contribution in [0.2, 0.25) is 0 Å². The zero-order chi connectivity index (χ0) is 17.4. The molecule has 128 valence electrons. The highest BCUT2D eigenvalue weighted by molar-refractivity contribution is 5.75. The van der Waals surface area contributed by atoms with Gasteiger partial charge in [-0.05, 0) is 37.5 Å². The van der Waals surface area contributed by atoms with Gasteiger partial charge in [-0.1, -0.05) is 30.3 Å². The predicted octanol–water partition coefficient (Wildman–Crippen LogP) is 2.99. The largest absolute Gasteiger partial charge is 0.493 e. The van der Waals surface area contributed by atoms with E-state index in [2.05, 4.69) is 36.5 Å². The quantitative estimate of drug-likeness (QED) is 0.742. The van der Waals surface area contributed by atoms with Crippen molar-refractivity contribution in [3.8, 4) is 11.5 Å². The molecule has 0 spiro atoms. The van der Waals surface area contributed by atoms with E-state index in [9.17, 15) is 4.79 Å². The molecule has 5 nitrogen and oxygen atoms in total. The maximum Gasteiger partial charge on any atom is 0.255 e. The number of benzene rings is 2. The first-order valence-electron chi connectivity index (χ1n) is 7.98. The Bertz CT molecular complexity index is 659. The van der Waals surface area contributed by atoms with Crippen molar-refractivity contribution < 1.29 is 14.3 Å². The average Bonchev–Trinajstić information content (AvgIpc) is 2.59. The summed E-state index contributed by atoms with van der Waals surface area (Å²) in [4.78, 5) is 10.9. The van der Waals surface area contributed by atoms with Gasteiger partial charge in [-0.3, -0.25) is 4.79 Å². The maximum atomic E-state index is 10.9. The molecule has 0 heterocycles. The fraction of sp³-hybridized carbons (Fsp3) is 0.316. The molecule has 0 fully saturated rings. The van der Waals surface area contributed by atoms with Crippen LogP contribution in [0.25, 0.3) is 0 Å². The van der Waals surface area contributed by atoms with Gasteiger partial charge in [-0.2, -0.15) is 0 Å². The van der Waals surface area contributed by atoms with E-state index in [4.69, 9.17) is 15.2 Å². The fourth-order valence-electron chi connectivity index (χ4n) is 2.41. The highest BCUT2D eigenvalue weighted by Gasteiger charge is 2.09. The summed E-state index contributed by atoms with van der Waals surface area (Å²) in [5, 5.41) is 3.44. The van der Waals surface area contributed by atoms with E-state index in [0.717, 1.165) is 18.5 Å². The summed E-state index contributed by atoms with van der Waals surface area (Å²) < 4.78 is 10.6. The van der Waals surface area contributed by atoms with Crippen molar-refractivity contribution >= 4 is 11.6 Å². The molecule has 2 aromatic rings. The summed E-state index contributed by atoms with van der Waals surface area (Å²) in [5.41, 5.74) is 7.36. The molecule has 0 bridgehead atoms. The van der Waals surface area contributed by atoms with Gasteiger partial charge in [0.15, 0.2) is 18.1 Å². The van der Waals surface area contributed by atoms with Crippen LogP contribution < -0.4 is 20.5 Å². The highest BCUT2D eigenvalue weighted by atomic mass is 16.5. The van der Waals surface area contributed by atoms with Crippen LogP contribution in [0, 0.1) is 0 Å². The first kappa shape index (κ1) is 17.7. The van der Waals surface area contributed by atoms with Gasteiger partial charge in [-0.15, -0.1) is 0 Å². The normalized spacial score (nSPS) is 11.6. The summed E-state index contributed by atoms with van der Waals surface area (Å²) >= 11 is 0. The van der Waals surface area contributed by atoms with Gasteiger partial charge in [0.25, 0.3) is 5.91 Å². The third kappa shape index (κ3) is 5.50. The minimum atomic E-state index is -0.522. The molecular formula is C19H24N2O3. The van der Waals surface area contributed by atoms with Crippen LogP contribution in [-0.4, -0.2) is 25.7 Å². The Morgan fingerprint density at radius 2 is 1.92 bits per heavy atom. The van der Waals surface area contributed by atoms with E-state index in [1.807, 2.05) is 24.3 Å². The number of nitrogens with two attached hydrogens (primary N) is 1. The van der Waals surface area contributed by atoms with E-state index >= 15 is 0 Å². The second-order valence-electron chi connectivity index (χ2n) is 5.69. The maximum absolute atomic E-state index is 10.9. The lowest BCUT2D eigenvalue weighted by Gasteiger charge is -2.17. The molecule has 0 unspecified atom stereocenters. The third-order valence-corrected chi connectivity index (χ3v) is 3.66. The third-order valence-electron chi connectivity index (χ3n) is 3.66. The molecule has 3 N–H and O–H groups in total. The van der Waals surface area contributed by atoms with Gasteiger partial charge in [0.2, 0.25) is 0 Å². The summed E-state index contributed by atoms with van der Waals surface area (Å²) in [5.74, 6) is 0.543. The second-order valence-corrected chi connectivity index (χ2v) is 5.69. The SMILES string of the molecule is COc1ccc(N[C@H](C)CCc2ccccc2)cc1OCC(N)=O. The van der Waals surface area contributed by atoms with E-state index in [1.165, 1.54) is 5.56 Å². The number of amides is 1. The fourth-order valence-corrected chi connectivity index (χ4v) is 2.41. The van der Waals surface area contributed by atoms with Crippen LogP contribution in [-0.2, 0) is 11.2 Å². The highest BCUT2D eigenvalue weighted by Crippen LogP contribution is 2.30. The molecule has 1 atom stereocenters. The standard InChI is InChI=1S/C19H24N2O3/c1-14(8-9-15-6-4-3-5-7-15)21-16-10-11-17(23-2)18(12-16)24-13-19(20)22/h3-7,10-12,14,21H,8-9,13H2,1-2H3,(H2,20,22)/t14-/m1/s1. The molecule has 0 aliphatic heterocycles. The van der Waals surface area contributed by atoms with E-state index < -0.39 is 5.91 Å². The number of primary amides is 1. The van der Waals surface area contributed by atoms with Crippen molar-refractivity contribution in [1.29, 1.82) is 0 Å². The zero-order valence-corrected chi connectivity index (χ0v) is 14.1. The Hall–Kier alpha value is -2.69. The van der Waals surface area contributed by atoms with Gasteiger partial charge in [-0.25, -0.2) is 0 Å². The lowest BCUT2D eigenvalue weighted by molar-refractivity contribution is -0.119. The number of carbonyl (C=O) groups is 1. The summed E-state index contributed by atoms with van der Waals surface area (Å²) in [6.07, 6.45) is 2.02. The van der Waals surface area contributed by atoms with Gasteiger partial charge in [0.1, 0.15) is 0 Å².